The zero-order valence-electron chi connectivity index (χ0n) is 34.4. The number of hydrogen-bond acceptors (Lipinski definition) is 11. The second-order valence-corrected chi connectivity index (χ2v) is 20.3. The molecule has 60 heavy (non-hydrogen) atoms. The predicted molar refractivity (Wildman–Crippen MR) is 234 cm³/mol. The van der Waals surface area contributed by atoms with Crippen LogP contribution in [0.5, 0.6) is 5.75 Å². The maximum absolute atomic E-state index is 15.1. The third-order valence-electron chi connectivity index (χ3n) is 13.0. The molecule has 3 aliphatic heterocycles. The minimum Gasteiger partial charge on any atom is -0.489 e. The first-order valence-corrected chi connectivity index (χ1v) is 23.4. The summed E-state index contributed by atoms with van der Waals surface area (Å²) in [5, 5.41) is 3.63. The van der Waals surface area contributed by atoms with Gasteiger partial charge in [0.25, 0.3) is 15.9 Å². The zero-order chi connectivity index (χ0) is 42.1. The Balaban J connectivity index is 0.975. The number of hydrazine groups is 1. The molecule has 5 aliphatic rings. The Hall–Kier alpha value is -3.50. The fraction of sp³-hybridized carbons (Fsp3) is 0.545. The van der Waals surface area contributed by atoms with Gasteiger partial charge in [-0.3, -0.25) is 20.5 Å². The van der Waals surface area contributed by atoms with Crippen molar-refractivity contribution in [2.45, 2.75) is 87.9 Å². The van der Waals surface area contributed by atoms with E-state index in [0.29, 0.717) is 19.0 Å². The Morgan fingerprint density at radius 2 is 1.80 bits per heavy atom. The van der Waals surface area contributed by atoms with E-state index in [2.05, 4.69) is 61.7 Å². The van der Waals surface area contributed by atoms with E-state index in [1.54, 1.807) is 6.07 Å². The molecule has 12 nitrogen and oxygen atoms in total. The molecule has 2 aliphatic carbocycles. The molecule has 1 saturated carbocycles. The van der Waals surface area contributed by atoms with Crippen LogP contribution < -0.4 is 30.5 Å². The first-order chi connectivity index (χ1) is 28.7. The second kappa shape index (κ2) is 18.1. The number of fused-ring (bicyclic) bond motifs is 1. The Morgan fingerprint density at radius 3 is 2.55 bits per heavy atom. The van der Waals surface area contributed by atoms with Gasteiger partial charge in [0.1, 0.15) is 28.2 Å². The summed E-state index contributed by atoms with van der Waals surface area (Å²) in [7, 11) is -4.40. The lowest BCUT2D eigenvalue weighted by molar-refractivity contribution is -0.00119. The lowest BCUT2D eigenvalue weighted by atomic mass is 9.72. The number of rotatable bonds is 12. The van der Waals surface area contributed by atoms with Crippen molar-refractivity contribution in [1.82, 2.24) is 25.5 Å². The van der Waals surface area contributed by atoms with Gasteiger partial charge in [0.05, 0.1) is 17.1 Å². The number of benzene rings is 2. The van der Waals surface area contributed by atoms with Gasteiger partial charge < -0.3 is 19.7 Å². The number of amides is 1. The third kappa shape index (κ3) is 10.1. The molecule has 4 heterocycles. The van der Waals surface area contributed by atoms with E-state index in [1.807, 2.05) is 24.3 Å². The topological polar surface area (TPSA) is 137 Å². The summed E-state index contributed by atoms with van der Waals surface area (Å²) in [5.74, 6) is -0.139. The molecule has 3 atom stereocenters. The first kappa shape index (κ1) is 43.2. The van der Waals surface area contributed by atoms with Crippen LogP contribution in [0.1, 0.15) is 81.1 Å². The van der Waals surface area contributed by atoms with E-state index in [-0.39, 0.29) is 64.2 Å². The summed E-state index contributed by atoms with van der Waals surface area (Å²) >= 11 is 12.7. The lowest BCUT2D eigenvalue weighted by Crippen LogP contribution is -2.47. The zero-order valence-corrected chi connectivity index (χ0v) is 36.7. The van der Waals surface area contributed by atoms with E-state index in [1.165, 1.54) is 22.8 Å². The molecule has 3 unspecified atom stereocenters. The predicted octanol–water partition coefficient (Wildman–Crippen LogP) is 7.25. The number of carbonyl (C=O) groups is 1. The molecule has 8 rings (SSSR count). The average molecular weight is 885 g/mol. The highest BCUT2D eigenvalue weighted by Crippen LogP contribution is 2.43. The van der Waals surface area contributed by atoms with E-state index < -0.39 is 21.6 Å². The van der Waals surface area contributed by atoms with E-state index in [4.69, 9.17) is 32.7 Å². The van der Waals surface area contributed by atoms with Gasteiger partial charge in [-0.1, -0.05) is 54.8 Å². The second-order valence-electron chi connectivity index (χ2n) is 17.8. The average Bonchev–Trinajstić information content (AvgIpc) is 3.72. The Bertz CT molecular complexity index is 2180. The Labute approximate surface area is 363 Å². The van der Waals surface area contributed by atoms with Gasteiger partial charge in [0, 0.05) is 100 Å². The summed E-state index contributed by atoms with van der Waals surface area (Å²) < 4.78 is 56.6. The van der Waals surface area contributed by atoms with Crippen LogP contribution in [0.25, 0.3) is 5.57 Å². The molecule has 0 bridgehead atoms. The molecule has 2 aromatic carbocycles. The van der Waals surface area contributed by atoms with Crippen molar-refractivity contribution < 1.29 is 27.1 Å². The van der Waals surface area contributed by atoms with Crippen molar-refractivity contribution in [2.24, 2.45) is 11.3 Å². The van der Waals surface area contributed by atoms with Gasteiger partial charge >= 0.3 is 0 Å². The molecule has 3 aromatic rings. The fourth-order valence-corrected chi connectivity index (χ4v) is 10.6. The number of piperazine rings is 1. The number of hydrogen-bond donors (Lipinski definition) is 4. The summed E-state index contributed by atoms with van der Waals surface area (Å²) in [6.07, 6.45) is 7.48. The third-order valence-corrected chi connectivity index (χ3v) is 14.8. The summed E-state index contributed by atoms with van der Waals surface area (Å²) in [4.78, 5) is 22.7. The van der Waals surface area contributed by atoms with Gasteiger partial charge in [0.15, 0.2) is 0 Å². The molecule has 1 amide bonds. The molecule has 0 radical (unpaired) electrons. The van der Waals surface area contributed by atoms with Crippen LogP contribution >= 0.6 is 23.2 Å². The van der Waals surface area contributed by atoms with Crippen LogP contribution in [-0.4, -0.2) is 101 Å². The smallest absolute Gasteiger partial charge is 0.268 e. The number of nitrogens with zero attached hydrogens (tertiary/aromatic N) is 3. The lowest BCUT2D eigenvalue weighted by Gasteiger charge is -2.39. The molecule has 1 aromatic heterocycles. The number of anilines is 2. The summed E-state index contributed by atoms with van der Waals surface area (Å²) in [5.41, 5.74) is 10.6. The molecule has 16 heteroatoms. The number of pyridine rings is 1. The molecule has 3 saturated heterocycles. The van der Waals surface area contributed by atoms with Crippen molar-refractivity contribution in [3.63, 3.8) is 0 Å². The molecule has 324 valence electrons. The largest absolute Gasteiger partial charge is 0.489 e. The number of alkyl halides is 1. The van der Waals surface area contributed by atoms with Gasteiger partial charge in [-0.2, -0.15) is 0 Å². The quantitative estimate of drug-likeness (QED) is 0.147. The minimum atomic E-state index is -4.40. The van der Waals surface area contributed by atoms with Crippen molar-refractivity contribution >= 4 is 56.2 Å². The number of aromatic nitrogens is 1. The highest BCUT2D eigenvalue weighted by molar-refractivity contribution is 7.90. The van der Waals surface area contributed by atoms with Crippen molar-refractivity contribution in [1.29, 1.82) is 0 Å². The van der Waals surface area contributed by atoms with Gasteiger partial charge in [-0.05, 0) is 85.4 Å². The number of halogens is 3. The molecule has 4 fully saturated rings. The monoisotopic (exact) mass is 883 g/mol. The number of nitrogens with one attached hydrogen (secondary N) is 4. The SMILES string of the molecule is CC1(C)CCC(CN2CCN(c3ccc(C(=O)NS(=O)(=O)c4cnc(NCC5(F)CCOCC5)c(Cl)c4)c(OC4CCCC5NNCC54)c3)CC2)=C(c2ccc(Cl)cc2)C1. The minimum absolute atomic E-state index is 0.0125. The number of sulfonamides is 1. The molecule has 0 spiro atoms. The fourth-order valence-electron chi connectivity index (χ4n) is 9.28. The maximum Gasteiger partial charge on any atom is 0.268 e. The maximum atomic E-state index is 15.1. The molecule has 4 N–H and O–H groups in total. The molecular weight excluding hydrogens is 828 g/mol. The number of allylic oxidation sites excluding steroid dienone is 1. The van der Waals surface area contributed by atoms with Gasteiger partial charge in [-0.25, -0.2) is 22.5 Å². The van der Waals surface area contributed by atoms with E-state index in [0.717, 1.165) is 94.7 Å². The summed E-state index contributed by atoms with van der Waals surface area (Å²) in [6, 6.07) is 15.1. The van der Waals surface area contributed by atoms with E-state index in [9.17, 15) is 13.2 Å². The number of carbonyl (C=O) groups excluding carboxylic acids is 1. The van der Waals surface area contributed by atoms with Crippen LogP contribution in [0, 0.1) is 11.3 Å². The number of ether oxygens (including phenoxy) is 2. The van der Waals surface area contributed by atoms with Gasteiger partial charge in [-0.15, -0.1) is 0 Å². The van der Waals surface area contributed by atoms with Crippen molar-refractivity contribution in [2.75, 3.05) is 69.2 Å². The van der Waals surface area contributed by atoms with Crippen molar-refractivity contribution in [3.8, 4) is 5.75 Å². The van der Waals surface area contributed by atoms with E-state index >= 15 is 4.39 Å². The van der Waals surface area contributed by atoms with Crippen LogP contribution in [0.4, 0.5) is 15.9 Å². The van der Waals surface area contributed by atoms with Crippen LogP contribution in [0.2, 0.25) is 10.0 Å². The van der Waals surface area contributed by atoms with Gasteiger partial charge in [0.2, 0.25) is 0 Å². The normalized spacial score (nSPS) is 24.5. The highest BCUT2D eigenvalue weighted by atomic mass is 35.5. The Morgan fingerprint density at radius 1 is 1.03 bits per heavy atom. The van der Waals surface area contributed by atoms with Crippen LogP contribution in [0.3, 0.4) is 0 Å². The van der Waals surface area contributed by atoms with Crippen LogP contribution in [-0.2, 0) is 14.8 Å². The van der Waals surface area contributed by atoms with Crippen LogP contribution in [0.15, 0.2) is 65.2 Å². The molecular formula is C44H56Cl2FN7O5S. The first-order valence-electron chi connectivity index (χ1n) is 21.2. The summed E-state index contributed by atoms with van der Waals surface area (Å²) in [6.45, 7) is 10.3. The highest BCUT2D eigenvalue weighted by Gasteiger charge is 2.39. The Kier molecular flexibility index (Phi) is 13.0. The van der Waals surface area contributed by atoms with Crippen molar-refractivity contribution in [3.05, 3.63) is 81.5 Å². The standard InChI is InChI=1S/C44H56Cl2FN7O5S/c1-43(2)13-12-30(35(24-43)29-6-8-31(45)9-7-29)27-53-16-18-54(19-17-53)32-10-11-34(40(22-32)59-39-5-3-4-38-36(39)26-50-51-38)42(55)52-60(56,57)33-23-37(46)41(48-25-33)49-28-44(47)14-20-58-21-15-44/h6-11,22-23,25,36,38-39,50-51H,3-5,12-21,24,26-28H2,1-2H3,(H,48,49)(H,52,55).